The third-order valence-corrected chi connectivity index (χ3v) is 3.71. The highest BCUT2D eigenvalue weighted by molar-refractivity contribution is 6.31. The molecule has 2 aromatic carbocycles. The molecule has 0 heterocycles. The van der Waals surface area contributed by atoms with Crippen LogP contribution < -0.4 is 0 Å². The highest BCUT2D eigenvalue weighted by Gasteiger charge is 2.29. The van der Waals surface area contributed by atoms with Crippen LogP contribution in [0.4, 0.5) is 0 Å². The first kappa shape index (κ1) is 14.6. The number of aromatic hydroxyl groups is 6. The fourth-order valence-corrected chi connectivity index (χ4v) is 2.56. The summed E-state index contributed by atoms with van der Waals surface area (Å²) in [5.41, 5.74) is 0.382. The van der Waals surface area contributed by atoms with Crippen molar-refractivity contribution in [1.29, 1.82) is 0 Å². The van der Waals surface area contributed by atoms with Crippen molar-refractivity contribution < 1.29 is 35.4 Å². The van der Waals surface area contributed by atoms with Gasteiger partial charge in [-0.1, -0.05) is 6.08 Å². The molecule has 0 atom stereocenters. The Labute approximate surface area is 129 Å². The van der Waals surface area contributed by atoms with Gasteiger partial charge in [-0.2, -0.15) is 0 Å². The van der Waals surface area contributed by atoms with Crippen LogP contribution in [0.25, 0.3) is 5.57 Å². The predicted octanol–water partition coefficient (Wildman–Crippen LogP) is 1.74. The fraction of sp³-hybridized carbons (Fsp3) is 0.0625. The number of fused-ring (bicyclic) bond motifs is 1. The largest absolute Gasteiger partial charge is 0.504 e. The van der Waals surface area contributed by atoms with Gasteiger partial charge in [-0.3, -0.25) is 4.79 Å². The molecule has 0 aliphatic heterocycles. The van der Waals surface area contributed by atoms with Gasteiger partial charge in [-0.15, -0.1) is 0 Å². The number of hydrogen-bond acceptors (Lipinski definition) is 7. The van der Waals surface area contributed by atoms with E-state index in [9.17, 15) is 35.4 Å². The average Bonchev–Trinajstić information content (AvgIpc) is 2.50. The number of phenolic OH excluding ortho intramolecular Hbond substituents is 6. The Morgan fingerprint density at radius 1 is 0.739 bits per heavy atom. The van der Waals surface area contributed by atoms with Gasteiger partial charge >= 0.3 is 0 Å². The van der Waals surface area contributed by atoms with Gasteiger partial charge in [0.15, 0.2) is 34.5 Å². The second-order valence-electron chi connectivity index (χ2n) is 5.14. The van der Waals surface area contributed by atoms with Crippen molar-refractivity contribution in [3.05, 3.63) is 41.0 Å². The van der Waals surface area contributed by atoms with Crippen LogP contribution in [-0.4, -0.2) is 36.4 Å². The third-order valence-electron chi connectivity index (χ3n) is 3.71. The molecule has 0 spiro atoms. The van der Waals surface area contributed by atoms with Gasteiger partial charge in [-0.05, 0) is 35.7 Å². The second-order valence-corrected chi connectivity index (χ2v) is 5.14. The molecule has 7 heteroatoms. The molecule has 2 aromatic rings. The summed E-state index contributed by atoms with van der Waals surface area (Å²) in [6.07, 6.45) is 1.67. The molecule has 3 rings (SSSR count). The third kappa shape index (κ3) is 2.10. The summed E-state index contributed by atoms with van der Waals surface area (Å²) in [5.74, 6) is -4.62. The lowest BCUT2D eigenvalue weighted by atomic mass is 9.85. The normalized spacial score (nSPS) is 13.6. The zero-order valence-electron chi connectivity index (χ0n) is 11.6. The molecule has 0 amide bonds. The molecule has 1 aliphatic rings. The first-order chi connectivity index (χ1) is 10.8. The summed E-state index contributed by atoms with van der Waals surface area (Å²) >= 11 is 0. The molecule has 0 fully saturated rings. The Hall–Kier alpha value is -3.35. The highest BCUT2D eigenvalue weighted by atomic mass is 16.3. The van der Waals surface area contributed by atoms with Crippen LogP contribution >= 0.6 is 0 Å². The van der Waals surface area contributed by atoms with Crippen molar-refractivity contribution in [2.45, 2.75) is 6.42 Å². The number of Topliss-reactive ketones (excluding diaryl/α,β-unsaturated/α-hetero) is 1. The lowest BCUT2D eigenvalue weighted by Crippen LogP contribution is -2.12. The topological polar surface area (TPSA) is 138 Å². The van der Waals surface area contributed by atoms with Crippen molar-refractivity contribution in [3.8, 4) is 34.5 Å². The average molecular weight is 316 g/mol. The van der Waals surface area contributed by atoms with E-state index >= 15 is 0 Å². The maximum atomic E-state index is 12.6. The number of ketones is 1. The van der Waals surface area contributed by atoms with E-state index in [0.717, 1.165) is 12.1 Å². The molecule has 0 aromatic heterocycles. The van der Waals surface area contributed by atoms with Gasteiger partial charge in [0.1, 0.15) is 0 Å². The monoisotopic (exact) mass is 316 g/mol. The Morgan fingerprint density at radius 3 is 1.91 bits per heavy atom. The van der Waals surface area contributed by atoms with E-state index in [4.69, 9.17) is 0 Å². The predicted molar refractivity (Wildman–Crippen MR) is 78.9 cm³/mol. The summed E-state index contributed by atoms with van der Waals surface area (Å²) in [6.45, 7) is 0. The lowest BCUT2D eigenvalue weighted by molar-refractivity contribution is 0.105. The summed E-state index contributed by atoms with van der Waals surface area (Å²) in [4.78, 5) is 12.6. The molecule has 6 N–H and O–H groups in total. The summed E-state index contributed by atoms with van der Waals surface area (Å²) < 4.78 is 0. The maximum absolute atomic E-state index is 12.6. The summed E-state index contributed by atoms with van der Waals surface area (Å²) in [6, 6.07) is 3.38. The van der Waals surface area contributed by atoms with Crippen molar-refractivity contribution in [2.24, 2.45) is 0 Å². The first-order valence-corrected chi connectivity index (χ1v) is 6.58. The molecule has 23 heavy (non-hydrogen) atoms. The van der Waals surface area contributed by atoms with E-state index in [1.165, 1.54) is 12.1 Å². The zero-order chi connectivity index (χ0) is 16.9. The standard InChI is InChI=1S/C16H12O7/c17-9-4-7(5-10(18)14(9)21)8-2-1-6-3-11(19)15(22)16(23)12(6)13(8)20/h2-5,17-19,21-23H,1H2. The van der Waals surface area contributed by atoms with E-state index in [1.807, 2.05) is 0 Å². The Balaban J connectivity index is 2.15. The molecule has 0 radical (unpaired) electrons. The smallest absolute Gasteiger partial charge is 0.201 e. The zero-order valence-corrected chi connectivity index (χ0v) is 11.6. The number of allylic oxidation sites excluding steroid dienone is 2. The van der Waals surface area contributed by atoms with E-state index < -0.39 is 40.3 Å². The van der Waals surface area contributed by atoms with Crippen LogP contribution in [-0.2, 0) is 6.42 Å². The van der Waals surface area contributed by atoms with Crippen molar-refractivity contribution in [3.63, 3.8) is 0 Å². The van der Waals surface area contributed by atoms with E-state index in [0.29, 0.717) is 5.56 Å². The Bertz CT molecular complexity index is 857. The highest BCUT2D eigenvalue weighted by Crippen LogP contribution is 2.45. The summed E-state index contributed by atoms with van der Waals surface area (Å²) in [7, 11) is 0. The van der Waals surface area contributed by atoms with Gasteiger partial charge in [0.2, 0.25) is 5.75 Å². The van der Waals surface area contributed by atoms with E-state index in [2.05, 4.69) is 0 Å². The molecule has 118 valence electrons. The van der Waals surface area contributed by atoms with Gasteiger partial charge in [-0.25, -0.2) is 0 Å². The van der Waals surface area contributed by atoms with Crippen LogP contribution in [0.2, 0.25) is 0 Å². The number of carbonyl (C=O) groups excluding carboxylic acids is 1. The van der Waals surface area contributed by atoms with Crippen LogP contribution in [0.1, 0.15) is 21.5 Å². The minimum atomic E-state index is -0.797. The summed E-state index contributed by atoms with van der Waals surface area (Å²) in [5, 5.41) is 57.5. The Kier molecular flexibility index (Phi) is 3.07. The van der Waals surface area contributed by atoms with Crippen molar-refractivity contribution in [2.75, 3.05) is 0 Å². The van der Waals surface area contributed by atoms with Crippen LogP contribution in [0.3, 0.4) is 0 Å². The van der Waals surface area contributed by atoms with Crippen molar-refractivity contribution in [1.82, 2.24) is 0 Å². The SMILES string of the molecule is O=C1C(c2cc(O)c(O)c(O)c2)=CCc2cc(O)c(O)c(O)c21. The number of carbonyl (C=O) groups is 1. The number of rotatable bonds is 1. The molecule has 0 unspecified atom stereocenters. The van der Waals surface area contributed by atoms with Gasteiger partial charge in [0.25, 0.3) is 0 Å². The van der Waals surface area contributed by atoms with Gasteiger partial charge < -0.3 is 30.6 Å². The molecular formula is C16H12O7. The van der Waals surface area contributed by atoms with E-state index in [1.54, 1.807) is 0 Å². The van der Waals surface area contributed by atoms with Gasteiger partial charge in [0, 0.05) is 5.57 Å². The number of phenols is 6. The Morgan fingerprint density at radius 2 is 1.30 bits per heavy atom. The second kappa shape index (κ2) is 4.84. The lowest BCUT2D eigenvalue weighted by Gasteiger charge is -2.19. The molecular weight excluding hydrogens is 304 g/mol. The van der Waals surface area contributed by atoms with Crippen LogP contribution in [0.15, 0.2) is 24.3 Å². The van der Waals surface area contributed by atoms with Crippen molar-refractivity contribution >= 4 is 11.4 Å². The molecule has 7 nitrogen and oxygen atoms in total. The molecule has 0 saturated carbocycles. The molecule has 0 saturated heterocycles. The quantitative estimate of drug-likeness (QED) is 0.440. The van der Waals surface area contributed by atoms with Crippen LogP contribution in [0.5, 0.6) is 34.5 Å². The molecule has 1 aliphatic carbocycles. The fourth-order valence-electron chi connectivity index (χ4n) is 2.56. The minimum absolute atomic E-state index is 0.0727. The van der Waals surface area contributed by atoms with Gasteiger partial charge in [0.05, 0.1) is 5.56 Å². The minimum Gasteiger partial charge on any atom is -0.504 e. The number of benzene rings is 2. The number of hydrogen-bond donors (Lipinski definition) is 6. The maximum Gasteiger partial charge on any atom is 0.201 e. The first-order valence-electron chi connectivity index (χ1n) is 6.58. The van der Waals surface area contributed by atoms with Crippen LogP contribution in [0, 0.1) is 0 Å². The molecule has 0 bridgehead atoms. The van der Waals surface area contributed by atoms with E-state index in [-0.39, 0.29) is 23.1 Å².